The van der Waals surface area contributed by atoms with Crippen LogP contribution in [-0.2, 0) is 23.4 Å². The molecule has 0 radical (unpaired) electrons. The van der Waals surface area contributed by atoms with Gasteiger partial charge in [-0.1, -0.05) is 0 Å². The number of halogens is 6. The number of hydrogen-bond donors (Lipinski definition) is 0. The summed E-state index contributed by atoms with van der Waals surface area (Å²) in [6.07, 6.45) is 0. The summed E-state index contributed by atoms with van der Waals surface area (Å²) in [6.45, 7) is 0. The molecule has 0 saturated heterocycles. The van der Waals surface area contributed by atoms with E-state index < -0.39 is 12.2 Å². The fourth-order valence-corrected chi connectivity index (χ4v) is 0. The summed E-state index contributed by atoms with van der Waals surface area (Å²) in [5.74, 6) is 0. The van der Waals surface area contributed by atoms with E-state index in [-0.39, 0.29) is 22.7 Å². The average molecular weight is 221 g/mol. The second-order valence-corrected chi connectivity index (χ2v) is 8.11. The Hall–Kier alpha value is 0.322. The molecule has 67 valence electrons. The van der Waals surface area contributed by atoms with Gasteiger partial charge in [-0.05, 0) is 0 Å². The predicted octanol–water partition coefficient (Wildman–Crippen LogP) is 1.56. The molecule has 0 aromatic heterocycles. The monoisotopic (exact) mass is 221 g/mol. The zero-order chi connectivity index (χ0) is 9.06. The molecule has 0 saturated carbocycles. The second-order valence-electron chi connectivity index (χ2n) is 1.97. The molecule has 0 atom stereocenters. The van der Waals surface area contributed by atoms with Crippen molar-refractivity contribution in [3.8, 4) is 0 Å². The van der Waals surface area contributed by atoms with Gasteiger partial charge in [0, 0.05) is 0 Å². The standard InChI is InChI=1S/FO.5FH.Li.2O.V.H/c1-2;;;;;;;;;;/h;5*1H;;;;;/q-1;;;;;;;;;+6;/p-5. The van der Waals surface area contributed by atoms with Crippen molar-refractivity contribution in [2.24, 2.45) is 0 Å². The van der Waals surface area contributed by atoms with Crippen LogP contribution in [-0.4, -0.2) is 18.9 Å². The molecule has 0 N–H and O–H groups in total. The van der Waals surface area contributed by atoms with Gasteiger partial charge in [0.1, 0.15) is 0 Å². The van der Waals surface area contributed by atoms with Crippen LogP contribution in [0.2, 0.25) is 0 Å². The number of hydrogen-bond acceptors (Lipinski definition) is 3. The second kappa shape index (κ2) is 1.04. The summed E-state index contributed by atoms with van der Waals surface area (Å²) < 4.78 is 80.2. The Morgan fingerprint density at radius 2 is 1.00 bits per heavy atom. The van der Waals surface area contributed by atoms with E-state index in [0.29, 0.717) is 0 Å². The summed E-state index contributed by atoms with van der Waals surface area (Å²) >= 11 is -14.4. The Labute approximate surface area is 64.2 Å². The van der Waals surface area contributed by atoms with Crippen LogP contribution in [0, 0.1) is 0 Å². The van der Waals surface area contributed by atoms with Crippen LogP contribution in [0.3, 0.4) is 0 Å². The fourth-order valence-electron chi connectivity index (χ4n) is 0. The van der Waals surface area contributed by atoms with Crippen LogP contribution in [0.25, 0.3) is 0 Å². The van der Waals surface area contributed by atoms with Gasteiger partial charge in [-0.2, -0.15) is 0 Å². The Bertz CT molecular complexity index is 377. The molecule has 11 heavy (non-hydrogen) atoms. The first-order valence-corrected chi connectivity index (χ1v) is 5.90. The maximum absolute atomic E-state index is 14.4. The molecular weight excluding hydrogens is 220 g/mol. The van der Waals surface area contributed by atoms with E-state index in [1.807, 2.05) is 0 Å². The third kappa shape index (κ3) is 13.3. The van der Waals surface area contributed by atoms with Crippen LogP contribution in [0.5, 0.6) is 0 Å². The van der Waals surface area contributed by atoms with Gasteiger partial charge in [0.2, 0.25) is 0 Å². The molecule has 0 unspecified atom stereocenters. The van der Waals surface area contributed by atoms with Crippen molar-refractivity contribution in [1.29, 1.82) is 0 Å². The van der Waals surface area contributed by atoms with Crippen molar-refractivity contribution in [3.63, 3.8) is 0 Å². The van der Waals surface area contributed by atoms with E-state index in [9.17, 15) is 21.6 Å². The van der Waals surface area contributed by atoms with Crippen LogP contribution in [0.4, 0.5) is 21.6 Å². The topological polar surface area (TPSA) is 43.4 Å². The molecule has 0 aliphatic rings. The van der Waals surface area contributed by atoms with E-state index >= 15 is 0 Å². The average Bonchev–Trinajstić information content (AvgIpc) is 1.25. The van der Waals surface area contributed by atoms with Crippen LogP contribution < -0.4 is 0 Å². The van der Waals surface area contributed by atoms with Crippen molar-refractivity contribution >= 4 is 18.9 Å². The van der Waals surface area contributed by atoms with Gasteiger partial charge >= 0.3 is 63.8 Å². The molecular formula is HF6LiO3V. The fraction of sp³-hybridized carbons (Fsp3) is 0. The molecule has 0 aliphatic carbocycles. The van der Waals surface area contributed by atoms with Gasteiger partial charge in [-0.15, -0.1) is 0 Å². The SMILES string of the molecule is [LiH].[O]=[V](=[O])([F])([F])([F])([F])([F])[O]F. The third-order valence-electron chi connectivity index (χ3n) is 0.187. The molecule has 0 aromatic carbocycles. The first kappa shape index (κ1) is 13.9. The third-order valence-corrected chi connectivity index (χ3v) is 0.770. The molecule has 11 heteroatoms. The summed E-state index contributed by atoms with van der Waals surface area (Å²) in [7, 11) is 0. The van der Waals surface area contributed by atoms with Gasteiger partial charge in [0.15, 0.2) is 0 Å². The van der Waals surface area contributed by atoms with Gasteiger partial charge in [-0.3, -0.25) is 0 Å². The molecule has 0 aromatic rings. The van der Waals surface area contributed by atoms with Gasteiger partial charge in [0.05, 0.1) is 0 Å². The molecule has 0 heterocycles. The zero-order valence-corrected chi connectivity index (χ0v) is 5.34. The molecule has 0 rings (SSSR count). The summed E-state index contributed by atoms with van der Waals surface area (Å²) in [5, 5.41) is 0. The Kier molecular flexibility index (Phi) is 1.32. The van der Waals surface area contributed by atoms with Crippen LogP contribution in [0.15, 0.2) is 0 Å². The van der Waals surface area contributed by atoms with Crippen LogP contribution >= 0.6 is 0 Å². The Balaban J connectivity index is 0. The van der Waals surface area contributed by atoms with Gasteiger partial charge in [-0.25, -0.2) is 0 Å². The van der Waals surface area contributed by atoms with Gasteiger partial charge < -0.3 is 0 Å². The van der Waals surface area contributed by atoms with E-state index in [1.54, 1.807) is 0 Å². The first-order valence-electron chi connectivity index (χ1n) is 1.55. The van der Waals surface area contributed by atoms with Crippen molar-refractivity contribution < 1.29 is 44.9 Å². The number of rotatable bonds is 1. The zero-order valence-electron chi connectivity index (χ0n) is 3.94. The molecule has 0 fully saturated rings. The van der Waals surface area contributed by atoms with Crippen molar-refractivity contribution in [2.75, 3.05) is 0 Å². The first-order chi connectivity index (χ1) is 3.43. The molecule has 0 aliphatic heterocycles. The maximum atomic E-state index is 10.7. The van der Waals surface area contributed by atoms with E-state index in [1.165, 1.54) is 0 Å². The summed E-state index contributed by atoms with van der Waals surface area (Å²) in [6, 6.07) is 0. The normalized spacial score (nSPS) is 26.4. The van der Waals surface area contributed by atoms with E-state index in [0.717, 1.165) is 0 Å². The van der Waals surface area contributed by atoms with E-state index in [2.05, 4.69) is 0 Å². The molecule has 0 amide bonds. The Morgan fingerprint density at radius 3 is 1.00 bits per heavy atom. The van der Waals surface area contributed by atoms with E-state index in [4.69, 9.17) is 7.35 Å². The predicted molar refractivity (Wildman–Crippen MR) is 16.3 cm³/mol. The van der Waals surface area contributed by atoms with Crippen LogP contribution in [0.1, 0.15) is 0 Å². The molecule has 3 nitrogen and oxygen atoms in total. The minimum atomic E-state index is -14.4. The molecule has 0 spiro atoms. The van der Waals surface area contributed by atoms with Gasteiger partial charge in [0.25, 0.3) is 0 Å². The Morgan fingerprint density at radius 1 is 0.909 bits per heavy atom. The minimum absolute atomic E-state index is 0. The van der Waals surface area contributed by atoms with Crippen molar-refractivity contribution in [1.82, 2.24) is 0 Å². The molecule has 0 bridgehead atoms. The van der Waals surface area contributed by atoms with Crippen molar-refractivity contribution in [3.05, 3.63) is 0 Å². The van der Waals surface area contributed by atoms with Crippen molar-refractivity contribution in [2.45, 2.75) is 0 Å². The quantitative estimate of drug-likeness (QED) is 0.498. The summed E-state index contributed by atoms with van der Waals surface area (Å²) in [5.41, 5.74) is 0. The summed E-state index contributed by atoms with van der Waals surface area (Å²) in [4.78, 5) is 0.